The average molecular weight is 577 g/mol. The Labute approximate surface area is 237 Å². The van der Waals surface area contributed by atoms with Gasteiger partial charge in [-0.2, -0.15) is 13.2 Å². The van der Waals surface area contributed by atoms with Crippen molar-refractivity contribution in [3.8, 4) is 0 Å². The van der Waals surface area contributed by atoms with Crippen LogP contribution in [0.1, 0.15) is 36.8 Å². The molecule has 2 amide bonds. The third kappa shape index (κ3) is 8.29. The van der Waals surface area contributed by atoms with E-state index in [1.165, 1.54) is 23.1 Å². The predicted octanol–water partition coefficient (Wildman–Crippen LogP) is 5.22. The van der Waals surface area contributed by atoms with Gasteiger partial charge in [-0.1, -0.05) is 48.5 Å². The smallest absolute Gasteiger partial charge is 0.401 e. The van der Waals surface area contributed by atoms with E-state index in [2.05, 4.69) is 10.6 Å². The highest BCUT2D eigenvalue weighted by Crippen LogP contribution is 2.32. The Hall–Kier alpha value is -3.44. The van der Waals surface area contributed by atoms with Crippen molar-refractivity contribution in [2.75, 3.05) is 40.0 Å². The fourth-order valence-corrected chi connectivity index (χ4v) is 5.42. The number of hydrogen-bond donors (Lipinski definition) is 2. The molecule has 5 atom stereocenters. The first-order valence-corrected chi connectivity index (χ1v) is 13.6. The molecule has 4 rings (SSSR count). The van der Waals surface area contributed by atoms with Crippen molar-refractivity contribution in [1.82, 2.24) is 15.5 Å². The van der Waals surface area contributed by atoms with Crippen LogP contribution in [0.5, 0.6) is 0 Å². The Balaban J connectivity index is 1.56. The second-order valence-electron chi connectivity index (χ2n) is 10.5. The second-order valence-corrected chi connectivity index (χ2v) is 10.5. The molecule has 0 aromatic heterocycles. The van der Waals surface area contributed by atoms with Gasteiger partial charge in [0.15, 0.2) is 5.90 Å². The second kappa shape index (κ2) is 13.5. The number of alkyl halides is 3. The van der Waals surface area contributed by atoms with E-state index in [1.807, 2.05) is 50.3 Å². The summed E-state index contributed by atoms with van der Waals surface area (Å²) in [5.41, 5.74) is 2.10. The number of urea groups is 1. The summed E-state index contributed by atoms with van der Waals surface area (Å²) in [4.78, 5) is 19.4. The molecule has 1 saturated heterocycles. The molecule has 1 fully saturated rings. The summed E-state index contributed by atoms with van der Waals surface area (Å²) in [7, 11) is 1.57. The molecule has 2 aliphatic rings. The van der Waals surface area contributed by atoms with Crippen LogP contribution >= 0.6 is 0 Å². The molecule has 2 aromatic carbocycles. The van der Waals surface area contributed by atoms with Crippen molar-refractivity contribution >= 4 is 11.9 Å². The van der Waals surface area contributed by atoms with Crippen LogP contribution in [-0.2, 0) is 9.47 Å². The Bertz CT molecular complexity index is 1240. The number of amides is 2. The SMILES string of the molecule is COCCOC1=NC(C)C(c2ccccc2)C=C(NC(=O)NC2CN(CC(F)(F)F)CC2c2cccc(F)c2)C1C. The minimum absolute atomic E-state index is 0.0285. The van der Waals surface area contributed by atoms with Gasteiger partial charge in [0, 0.05) is 37.7 Å². The monoisotopic (exact) mass is 576 g/mol. The summed E-state index contributed by atoms with van der Waals surface area (Å²) in [6, 6.07) is 14.1. The van der Waals surface area contributed by atoms with Gasteiger partial charge in [0.2, 0.25) is 0 Å². The van der Waals surface area contributed by atoms with E-state index in [0.717, 1.165) is 5.56 Å². The standard InChI is InChI=1S/C30H36F4N4O3/c1-19-26(15-24(21-8-5-4-6-9-21)20(2)35-28(19)41-13-12-40-3)36-29(39)37-27-17-38(18-30(32,33)34)16-25(27)22-10-7-11-23(31)14-22/h4-11,14-15,19-20,24-25,27H,12-13,16-18H2,1-3H3,(H2,36,37,39). The van der Waals surface area contributed by atoms with Gasteiger partial charge in [0.1, 0.15) is 12.4 Å². The maximum absolute atomic E-state index is 14.0. The van der Waals surface area contributed by atoms with Gasteiger partial charge in [-0.25, -0.2) is 9.18 Å². The van der Waals surface area contributed by atoms with E-state index < -0.39 is 42.4 Å². The molecule has 0 aliphatic carbocycles. The Kier molecular flexibility index (Phi) is 10.0. The number of nitrogens with zero attached hydrogens (tertiary/aromatic N) is 2. The largest absolute Gasteiger partial charge is 0.478 e. The van der Waals surface area contributed by atoms with E-state index in [1.54, 1.807) is 13.2 Å². The van der Waals surface area contributed by atoms with E-state index in [0.29, 0.717) is 23.8 Å². The van der Waals surface area contributed by atoms with Crippen molar-refractivity contribution in [3.63, 3.8) is 0 Å². The van der Waals surface area contributed by atoms with Crippen LogP contribution in [0, 0.1) is 11.7 Å². The number of carbonyl (C=O) groups excluding carboxylic acids is 1. The Morgan fingerprint density at radius 2 is 1.78 bits per heavy atom. The van der Waals surface area contributed by atoms with Gasteiger partial charge >= 0.3 is 12.2 Å². The molecule has 0 saturated carbocycles. The third-order valence-electron chi connectivity index (χ3n) is 7.42. The van der Waals surface area contributed by atoms with E-state index >= 15 is 0 Å². The molecule has 5 unspecified atom stereocenters. The fourth-order valence-electron chi connectivity index (χ4n) is 5.42. The van der Waals surface area contributed by atoms with Gasteiger partial charge in [0.25, 0.3) is 0 Å². The molecule has 7 nitrogen and oxygen atoms in total. The lowest BCUT2D eigenvalue weighted by atomic mass is 9.91. The van der Waals surface area contributed by atoms with Gasteiger partial charge < -0.3 is 20.1 Å². The van der Waals surface area contributed by atoms with E-state index in [9.17, 15) is 22.4 Å². The van der Waals surface area contributed by atoms with Gasteiger partial charge in [-0.3, -0.25) is 9.89 Å². The van der Waals surface area contributed by atoms with Crippen LogP contribution < -0.4 is 10.6 Å². The van der Waals surface area contributed by atoms with Crippen LogP contribution in [0.15, 0.2) is 71.4 Å². The van der Waals surface area contributed by atoms with E-state index in [-0.39, 0.29) is 31.7 Å². The summed E-state index contributed by atoms with van der Waals surface area (Å²) < 4.78 is 64.6. The summed E-state index contributed by atoms with van der Waals surface area (Å²) in [6.07, 6.45) is -2.44. The Morgan fingerprint density at radius 1 is 1.05 bits per heavy atom. The van der Waals surface area contributed by atoms with Crippen molar-refractivity contribution in [2.45, 2.75) is 43.9 Å². The summed E-state index contributed by atoms with van der Waals surface area (Å²) in [5.74, 6) is -1.12. The zero-order chi connectivity index (χ0) is 29.6. The number of rotatable bonds is 8. The lowest BCUT2D eigenvalue weighted by Crippen LogP contribution is -2.46. The number of methoxy groups -OCH3 is 1. The van der Waals surface area contributed by atoms with Gasteiger partial charge in [0.05, 0.1) is 31.2 Å². The summed E-state index contributed by atoms with van der Waals surface area (Å²) in [6.45, 7) is 3.39. The van der Waals surface area contributed by atoms with Crippen LogP contribution in [0.25, 0.3) is 0 Å². The number of benzene rings is 2. The molecule has 2 aliphatic heterocycles. The molecule has 0 bridgehead atoms. The highest BCUT2D eigenvalue weighted by atomic mass is 19.4. The first-order valence-electron chi connectivity index (χ1n) is 13.6. The number of likely N-dealkylation sites (tertiary alicyclic amines) is 1. The van der Waals surface area contributed by atoms with Crippen LogP contribution in [0.3, 0.4) is 0 Å². The van der Waals surface area contributed by atoms with E-state index in [4.69, 9.17) is 14.5 Å². The summed E-state index contributed by atoms with van der Waals surface area (Å²) >= 11 is 0. The van der Waals surface area contributed by atoms with Crippen LogP contribution in [0.2, 0.25) is 0 Å². The molecule has 2 heterocycles. The zero-order valence-electron chi connectivity index (χ0n) is 23.3. The molecular weight excluding hydrogens is 540 g/mol. The Morgan fingerprint density at radius 3 is 2.46 bits per heavy atom. The minimum atomic E-state index is -4.40. The molecule has 0 spiro atoms. The lowest BCUT2D eigenvalue weighted by molar-refractivity contribution is -0.143. The van der Waals surface area contributed by atoms with Crippen molar-refractivity contribution in [3.05, 3.63) is 83.3 Å². The number of halogens is 4. The molecule has 41 heavy (non-hydrogen) atoms. The van der Waals surface area contributed by atoms with Crippen LogP contribution in [-0.4, -0.2) is 75.0 Å². The highest BCUT2D eigenvalue weighted by Gasteiger charge is 2.40. The quantitative estimate of drug-likeness (QED) is 0.334. The number of hydrogen-bond acceptors (Lipinski definition) is 5. The number of carbonyl (C=O) groups is 1. The average Bonchev–Trinajstić information content (AvgIpc) is 3.25. The number of aliphatic imine (C=N–C) groups is 1. The molecule has 11 heteroatoms. The fraction of sp³-hybridized carbons (Fsp3) is 0.467. The molecule has 0 radical (unpaired) electrons. The van der Waals surface area contributed by atoms with Gasteiger partial charge in [-0.15, -0.1) is 0 Å². The normalized spacial score (nSPS) is 25.2. The number of ether oxygens (including phenoxy) is 2. The van der Waals surface area contributed by atoms with Crippen LogP contribution in [0.4, 0.5) is 22.4 Å². The lowest BCUT2D eigenvalue weighted by Gasteiger charge is -2.23. The summed E-state index contributed by atoms with van der Waals surface area (Å²) in [5, 5.41) is 5.79. The molecule has 2 N–H and O–H groups in total. The maximum atomic E-state index is 14.0. The van der Waals surface area contributed by atoms with Gasteiger partial charge in [-0.05, 0) is 37.1 Å². The highest BCUT2D eigenvalue weighted by molar-refractivity contribution is 5.85. The maximum Gasteiger partial charge on any atom is 0.401 e. The van der Waals surface area contributed by atoms with Crippen molar-refractivity contribution in [2.24, 2.45) is 10.9 Å². The first-order chi connectivity index (χ1) is 19.5. The van der Waals surface area contributed by atoms with Crippen molar-refractivity contribution < 1.29 is 31.8 Å². The topological polar surface area (TPSA) is 75.2 Å². The molecule has 2 aromatic rings. The number of nitrogens with one attached hydrogen (secondary N) is 2. The third-order valence-corrected chi connectivity index (χ3v) is 7.42. The molecule has 222 valence electrons. The first kappa shape index (κ1) is 30.5. The zero-order valence-corrected chi connectivity index (χ0v) is 23.3. The predicted molar refractivity (Wildman–Crippen MR) is 148 cm³/mol. The molecular formula is C30H36F4N4O3. The minimum Gasteiger partial charge on any atom is -0.478 e. The van der Waals surface area contributed by atoms with Crippen molar-refractivity contribution in [1.29, 1.82) is 0 Å².